The first kappa shape index (κ1) is 11.6. The third-order valence-corrected chi connectivity index (χ3v) is 2.13. The predicted molar refractivity (Wildman–Crippen MR) is 52.2 cm³/mol. The highest BCUT2D eigenvalue weighted by atomic mass is 16.7. The van der Waals surface area contributed by atoms with Crippen molar-refractivity contribution >= 4 is 6.21 Å². The molecule has 0 spiro atoms. The molecule has 1 aliphatic rings. The van der Waals surface area contributed by atoms with Crippen LogP contribution < -0.4 is 5.32 Å². The maximum absolute atomic E-state index is 10.7. The molecule has 1 rings (SSSR count). The number of nitrogens with zero attached hydrogens (tertiary/aromatic N) is 1. The average molecular weight is 215 g/mol. The SMILES string of the molecule is CN/C(=C(\C=N)[N+](=O)[O-])C1(C)OCCO1. The van der Waals surface area contributed by atoms with Crippen molar-refractivity contribution in [3.05, 3.63) is 21.5 Å². The zero-order valence-corrected chi connectivity index (χ0v) is 8.57. The minimum absolute atomic E-state index is 0.153. The molecule has 15 heavy (non-hydrogen) atoms. The molecular weight excluding hydrogens is 202 g/mol. The van der Waals surface area contributed by atoms with E-state index in [2.05, 4.69) is 5.32 Å². The summed E-state index contributed by atoms with van der Waals surface area (Å²) in [5.74, 6) is -1.16. The molecule has 0 bridgehead atoms. The van der Waals surface area contributed by atoms with E-state index in [1.54, 1.807) is 6.92 Å². The van der Waals surface area contributed by atoms with E-state index in [1.807, 2.05) is 0 Å². The lowest BCUT2D eigenvalue weighted by Gasteiger charge is -2.24. The van der Waals surface area contributed by atoms with E-state index in [0.29, 0.717) is 19.4 Å². The average Bonchev–Trinajstić information content (AvgIpc) is 2.61. The second kappa shape index (κ2) is 4.37. The minimum atomic E-state index is -1.16. The number of hydrogen-bond donors (Lipinski definition) is 2. The van der Waals surface area contributed by atoms with Crippen LogP contribution in [0.5, 0.6) is 0 Å². The normalized spacial score (nSPS) is 20.7. The molecule has 0 saturated carbocycles. The maximum Gasteiger partial charge on any atom is 0.311 e. The summed E-state index contributed by atoms with van der Waals surface area (Å²) in [7, 11) is 1.53. The summed E-state index contributed by atoms with van der Waals surface area (Å²) in [4.78, 5) is 10.0. The van der Waals surface area contributed by atoms with Gasteiger partial charge in [0, 0.05) is 7.05 Å². The molecule has 0 aromatic carbocycles. The second-order valence-corrected chi connectivity index (χ2v) is 3.05. The third-order valence-electron chi connectivity index (χ3n) is 2.13. The van der Waals surface area contributed by atoms with Gasteiger partial charge in [0.1, 0.15) is 0 Å². The molecule has 0 radical (unpaired) electrons. The van der Waals surface area contributed by atoms with Crippen molar-refractivity contribution in [3.8, 4) is 0 Å². The molecule has 0 atom stereocenters. The Morgan fingerprint density at radius 1 is 1.60 bits per heavy atom. The van der Waals surface area contributed by atoms with Crippen LogP contribution in [-0.4, -0.2) is 37.2 Å². The Labute approximate surface area is 86.7 Å². The number of ether oxygens (including phenoxy) is 2. The summed E-state index contributed by atoms with van der Waals surface area (Å²) in [5, 5.41) is 20.3. The fourth-order valence-corrected chi connectivity index (χ4v) is 1.46. The Hall–Kier alpha value is -1.47. The van der Waals surface area contributed by atoms with E-state index in [0.717, 1.165) is 0 Å². The van der Waals surface area contributed by atoms with Crippen LogP contribution in [-0.2, 0) is 9.47 Å². The molecule has 7 nitrogen and oxygen atoms in total. The Bertz CT molecular complexity index is 307. The first-order valence-electron chi connectivity index (χ1n) is 4.40. The molecular formula is C8H13N3O4. The highest BCUT2D eigenvalue weighted by molar-refractivity contribution is 5.73. The summed E-state index contributed by atoms with van der Waals surface area (Å²) in [6.07, 6.45) is 0.669. The van der Waals surface area contributed by atoms with E-state index in [9.17, 15) is 10.1 Å². The van der Waals surface area contributed by atoms with Gasteiger partial charge in [-0.1, -0.05) is 0 Å². The van der Waals surface area contributed by atoms with Crippen molar-refractivity contribution in [1.82, 2.24) is 5.32 Å². The quantitative estimate of drug-likeness (QED) is 0.394. The van der Waals surface area contributed by atoms with Crippen LogP contribution in [0.15, 0.2) is 11.4 Å². The highest BCUT2D eigenvalue weighted by Crippen LogP contribution is 2.27. The van der Waals surface area contributed by atoms with E-state index < -0.39 is 10.7 Å². The van der Waals surface area contributed by atoms with Gasteiger partial charge >= 0.3 is 5.70 Å². The van der Waals surface area contributed by atoms with Gasteiger partial charge in [-0.15, -0.1) is 0 Å². The topological polar surface area (TPSA) is 97.5 Å². The Kier molecular flexibility index (Phi) is 3.38. The molecule has 0 unspecified atom stereocenters. The lowest BCUT2D eigenvalue weighted by molar-refractivity contribution is -0.417. The summed E-state index contributed by atoms with van der Waals surface area (Å²) >= 11 is 0. The zero-order chi connectivity index (χ0) is 11.5. The second-order valence-electron chi connectivity index (χ2n) is 3.05. The summed E-state index contributed by atoms with van der Waals surface area (Å²) in [6, 6.07) is 0. The standard InChI is InChI=1S/C8H13N3O4/c1-8(14-3-4-15-8)7(10-2)6(5-9)11(12)13/h5,9-10H,3-4H2,1-2H3/b7-6+,9-5?. The first-order valence-corrected chi connectivity index (χ1v) is 4.40. The zero-order valence-electron chi connectivity index (χ0n) is 8.57. The van der Waals surface area contributed by atoms with Crippen LogP contribution in [0.25, 0.3) is 0 Å². The van der Waals surface area contributed by atoms with Gasteiger partial charge in [0.2, 0.25) is 5.79 Å². The maximum atomic E-state index is 10.7. The van der Waals surface area contributed by atoms with Crippen molar-refractivity contribution in [2.24, 2.45) is 0 Å². The lowest BCUT2D eigenvalue weighted by atomic mass is 10.2. The summed E-state index contributed by atoms with van der Waals surface area (Å²) in [6.45, 7) is 2.34. The fourth-order valence-electron chi connectivity index (χ4n) is 1.46. The van der Waals surface area contributed by atoms with E-state index in [-0.39, 0.29) is 11.4 Å². The Morgan fingerprint density at radius 3 is 2.47 bits per heavy atom. The van der Waals surface area contributed by atoms with Crippen molar-refractivity contribution in [2.45, 2.75) is 12.7 Å². The van der Waals surface area contributed by atoms with E-state index >= 15 is 0 Å². The van der Waals surface area contributed by atoms with Crippen LogP contribution in [0, 0.1) is 15.5 Å². The molecule has 84 valence electrons. The number of likely N-dealkylation sites (N-methyl/N-ethyl adjacent to an activating group) is 1. The van der Waals surface area contributed by atoms with Gasteiger partial charge in [0.15, 0.2) is 5.70 Å². The van der Waals surface area contributed by atoms with Crippen LogP contribution in [0.1, 0.15) is 6.92 Å². The Balaban J connectivity index is 3.14. The molecule has 1 heterocycles. The molecule has 1 aliphatic heterocycles. The number of allylic oxidation sites excluding steroid dienone is 1. The van der Waals surface area contributed by atoms with Crippen molar-refractivity contribution in [2.75, 3.05) is 20.3 Å². The van der Waals surface area contributed by atoms with E-state index in [1.165, 1.54) is 7.05 Å². The van der Waals surface area contributed by atoms with Crippen LogP contribution in [0.3, 0.4) is 0 Å². The third kappa shape index (κ3) is 2.13. The molecule has 2 N–H and O–H groups in total. The molecule has 1 saturated heterocycles. The summed E-state index contributed by atoms with van der Waals surface area (Å²) < 4.78 is 10.6. The van der Waals surface area contributed by atoms with Crippen LogP contribution in [0.4, 0.5) is 0 Å². The Morgan fingerprint density at radius 2 is 2.13 bits per heavy atom. The van der Waals surface area contributed by atoms with Gasteiger partial charge in [-0.05, 0) is 6.92 Å². The number of nitrogens with one attached hydrogen (secondary N) is 2. The summed E-state index contributed by atoms with van der Waals surface area (Å²) in [5.41, 5.74) is -0.207. The van der Waals surface area contributed by atoms with Crippen molar-refractivity contribution in [1.29, 1.82) is 5.41 Å². The largest absolute Gasteiger partial charge is 0.381 e. The van der Waals surface area contributed by atoms with Crippen LogP contribution in [0.2, 0.25) is 0 Å². The molecule has 0 aromatic heterocycles. The lowest BCUT2D eigenvalue weighted by Crippen LogP contribution is -2.37. The first-order chi connectivity index (χ1) is 7.05. The van der Waals surface area contributed by atoms with Gasteiger partial charge in [-0.3, -0.25) is 10.1 Å². The molecule has 0 amide bonds. The van der Waals surface area contributed by atoms with Crippen molar-refractivity contribution in [3.63, 3.8) is 0 Å². The van der Waals surface area contributed by atoms with Crippen LogP contribution >= 0.6 is 0 Å². The highest BCUT2D eigenvalue weighted by Gasteiger charge is 2.40. The van der Waals surface area contributed by atoms with E-state index in [4.69, 9.17) is 14.9 Å². The minimum Gasteiger partial charge on any atom is -0.381 e. The van der Waals surface area contributed by atoms with Gasteiger partial charge in [-0.25, -0.2) is 0 Å². The van der Waals surface area contributed by atoms with Crippen molar-refractivity contribution < 1.29 is 14.4 Å². The van der Waals surface area contributed by atoms with Gasteiger partial charge in [0.05, 0.1) is 24.4 Å². The predicted octanol–water partition coefficient (Wildman–Crippen LogP) is 0.107. The van der Waals surface area contributed by atoms with Gasteiger partial charge < -0.3 is 20.2 Å². The smallest absolute Gasteiger partial charge is 0.311 e. The number of nitro groups is 1. The molecule has 0 aliphatic carbocycles. The molecule has 0 aromatic rings. The molecule has 7 heteroatoms. The van der Waals surface area contributed by atoms with Gasteiger partial charge in [-0.2, -0.15) is 0 Å². The number of rotatable bonds is 4. The number of hydrogen-bond acceptors (Lipinski definition) is 6. The fraction of sp³-hybridized carbons (Fsp3) is 0.625. The monoisotopic (exact) mass is 215 g/mol. The molecule has 1 fully saturated rings. The van der Waals surface area contributed by atoms with Gasteiger partial charge in [0.25, 0.3) is 0 Å².